The maximum atomic E-state index is 13.1. The van der Waals surface area contributed by atoms with Crippen LogP contribution in [0.5, 0.6) is 0 Å². The van der Waals surface area contributed by atoms with Crippen LogP contribution in [0.4, 0.5) is 4.39 Å². The predicted molar refractivity (Wildman–Crippen MR) is 86.7 cm³/mol. The summed E-state index contributed by atoms with van der Waals surface area (Å²) in [5.41, 5.74) is 1.14. The van der Waals surface area contributed by atoms with Gasteiger partial charge in [-0.1, -0.05) is 30.3 Å². The molecule has 1 saturated heterocycles. The Hall–Kier alpha value is -2.20. The van der Waals surface area contributed by atoms with E-state index < -0.39 is 5.54 Å². The summed E-state index contributed by atoms with van der Waals surface area (Å²) < 4.78 is 19.0. The van der Waals surface area contributed by atoms with Crippen molar-refractivity contribution in [2.24, 2.45) is 0 Å². The minimum absolute atomic E-state index is 0.0979. The van der Waals surface area contributed by atoms with Gasteiger partial charge in [0.05, 0.1) is 18.7 Å². The third-order valence-corrected chi connectivity index (χ3v) is 4.22. The fourth-order valence-corrected chi connectivity index (χ4v) is 2.82. The molecule has 120 valence electrons. The van der Waals surface area contributed by atoms with Crippen molar-refractivity contribution in [3.8, 4) is 0 Å². The van der Waals surface area contributed by atoms with Crippen LogP contribution in [0.2, 0.25) is 0 Å². The van der Waals surface area contributed by atoms with Gasteiger partial charge in [0.15, 0.2) is 0 Å². The van der Waals surface area contributed by atoms with E-state index in [1.807, 2.05) is 49.1 Å². The van der Waals surface area contributed by atoms with Gasteiger partial charge in [-0.3, -0.25) is 4.79 Å². The average Bonchev–Trinajstić information content (AvgIpc) is 2.55. The summed E-state index contributed by atoms with van der Waals surface area (Å²) in [6.07, 6.45) is -0.145. The van der Waals surface area contributed by atoms with Gasteiger partial charge >= 0.3 is 0 Å². The highest BCUT2D eigenvalue weighted by Crippen LogP contribution is 2.31. The summed E-state index contributed by atoms with van der Waals surface area (Å²) in [7, 11) is 0. The quantitative estimate of drug-likeness (QED) is 0.843. The van der Waals surface area contributed by atoms with Gasteiger partial charge in [-0.15, -0.1) is 0 Å². The maximum absolute atomic E-state index is 13.1. The molecular weight excluding hydrogens is 293 g/mol. The fourth-order valence-electron chi connectivity index (χ4n) is 2.82. The molecule has 23 heavy (non-hydrogen) atoms. The zero-order valence-electron chi connectivity index (χ0n) is 13.3. The van der Waals surface area contributed by atoms with Crippen molar-refractivity contribution >= 4 is 5.91 Å². The molecule has 1 unspecified atom stereocenters. The summed E-state index contributed by atoms with van der Waals surface area (Å²) in [4.78, 5) is 14.7. The number of hydrogen-bond acceptors (Lipinski definition) is 2. The van der Waals surface area contributed by atoms with Gasteiger partial charge in [-0.25, -0.2) is 4.39 Å². The zero-order valence-corrected chi connectivity index (χ0v) is 13.3. The SMILES string of the molecule is CC1(C)COC(c2ccccc2)CN1C(=O)c1ccc(F)cc1. The number of rotatable bonds is 2. The van der Waals surface area contributed by atoms with Crippen molar-refractivity contribution in [3.05, 3.63) is 71.5 Å². The molecular formula is C19H20FNO2. The number of morpholine rings is 1. The van der Waals surface area contributed by atoms with E-state index in [0.29, 0.717) is 18.7 Å². The van der Waals surface area contributed by atoms with Crippen molar-refractivity contribution < 1.29 is 13.9 Å². The van der Waals surface area contributed by atoms with E-state index in [0.717, 1.165) is 5.56 Å². The molecule has 1 atom stereocenters. The first-order chi connectivity index (χ1) is 11.0. The summed E-state index contributed by atoms with van der Waals surface area (Å²) in [6.45, 7) is 4.90. The molecule has 1 aliphatic heterocycles. The highest BCUT2D eigenvalue weighted by atomic mass is 19.1. The first-order valence-corrected chi connectivity index (χ1v) is 7.71. The summed E-state index contributed by atoms with van der Waals surface area (Å²) in [5.74, 6) is -0.441. The second-order valence-electron chi connectivity index (χ2n) is 6.45. The molecule has 1 amide bonds. The van der Waals surface area contributed by atoms with Crippen LogP contribution in [0.1, 0.15) is 35.9 Å². The largest absolute Gasteiger partial charge is 0.369 e. The third kappa shape index (κ3) is 3.27. The van der Waals surface area contributed by atoms with E-state index in [1.54, 1.807) is 0 Å². The lowest BCUT2D eigenvalue weighted by Crippen LogP contribution is -2.56. The first kappa shape index (κ1) is 15.7. The average molecular weight is 313 g/mol. The highest BCUT2D eigenvalue weighted by molar-refractivity contribution is 5.94. The first-order valence-electron chi connectivity index (χ1n) is 7.71. The monoisotopic (exact) mass is 313 g/mol. The molecule has 3 rings (SSSR count). The van der Waals surface area contributed by atoms with E-state index >= 15 is 0 Å². The lowest BCUT2D eigenvalue weighted by atomic mass is 9.97. The van der Waals surface area contributed by atoms with E-state index in [9.17, 15) is 9.18 Å². The van der Waals surface area contributed by atoms with E-state index in [2.05, 4.69) is 0 Å². The maximum Gasteiger partial charge on any atom is 0.254 e. The van der Waals surface area contributed by atoms with Crippen LogP contribution < -0.4 is 0 Å². The highest BCUT2D eigenvalue weighted by Gasteiger charge is 2.38. The summed E-state index contributed by atoms with van der Waals surface area (Å²) >= 11 is 0. The number of carbonyl (C=O) groups excluding carboxylic acids is 1. The normalized spacial score (nSPS) is 20.3. The topological polar surface area (TPSA) is 29.5 Å². The standard InChI is InChI=1S/C19H20FNO2/c1-19(2)13-23-17(14-6-4-3-5-7-14)12-21(19)18(22)15-8-10-16(20)11-9-15/h3-11,17H,12-13H2,1-2H3. The molecule has 1 aliphatic rings. The molecule has 0 radical (unpaired) electrons. The summed E-state index contributed by atoms with van der Waals surface area (Å²) in [5, 5.41) is 0. The Kier molecular flexibility index (Phi) is 4.18. The van der Waals surface area contributed by atoms with Crippen LogP contribution in [0.3, 0.4) is 0 Å². The molecule has 0 bridgehead atoms. The van der Waals surface area contributed by atoms with Gasteiger partial charge in [0.1, 0.15) is 11.9 Å². The van der Waals surface area contributed by atoms with Gasteiger partial charge in [-0.2, -0.15) is 0 Å². The number of benzene rings is 2. The number of nitrogens with zero attached hydrogens (tertiary/aromatic N) is 1. The minimum Gasteiger partial charge on any atom is -0.369 e. The molecule has 3 nitrogen and oxygen atoms in total. The summed E-state index contributed by atoms with van der Waals surface area (Å²) in [6, 6.07) is 15.6. The van der Waals surface area contributed by atoms with Crippen LogP contribution in [0.25, 0.3) is 0 Å². The smallest absolute Gasteiger partial charge is 0.254 e. The molecule has 2 aromatic rings. The Bertz CT molecular complexity index is 682. The van der Waals surface area contributed by atoms with Crippen LogP contribution in [0, 0.1) is 5.82 Å². The minimum atomic E-state index is -0.406. The van der Waals surface area contributed by atoms with Gasteiger partial charge < -0.3 is 9.64 Å². The second-order valence-corrected chi connectivity index (χ2v) is 6.45. The van der Waals surface area contributed by atoms with Crippen LogP contribution in [-0.2, 0) is 4.74 Å². The molecule has 0 N–H and O–H groups in total. The molecule has 4 heteroatoms. The van der Waals surface area contributed by atoms with Gasteiger partial charge in [0.2, 0.25) is 0 Å². The van der Waals surface area contributed by atoms with Crippen molar-refractivity contribution in [3.63, 3.8) is 0 Å². The Labute approximate surface area is 135 Å². The number of carbonyl (C=O) groups is 1. The Balaban J connectivity index is 1.85. The van der Waals surface area contributed by atoms with Gasteiger partial charge in [-0.05, 0) is 43.7 Å². The molecule has 1 fully saturated rings. The number of halogens is 1. The zero-order chi connectivity index (χ0) is 16.4. The molecule has 0 aromatic heterocycles. The molecule has 0 aliphatic carbocycles. The third-order valence-electron chi connectivity index (χ3n) is 4.22. The molecule has 0 spiro atoms. The lowest BCUT2D eigenvalue weighted by Gasteiger charge is -2.45. The Morgan fingerprint density at radius 3 is 2.43 bits per heavy atom. The Morgan fingerprint density at radius 2 is 1.78 bits per heavy atom. The second kappa shape index (κ2) is 6.13. The van der Waals surface area contributed by atoms with Crippen molar-refractivity contribution in [2.75, 3.05) is 13.2 Å². The number of amides is 1. The van der Waals surface area contributed by atoms with Crippen molar-refractivity contribution in [1.82, 2.24) is 4.90 Å². The van der Waals surface area contributed by atoms with Crippen molar-refractivity contribution in [2.45, 2.75) is 25.5 Å². The molecule has 2 aromatic carbocycles. The van der Waals surface area contributed by atoms with E-state index in [1.165, 1.54) is 24.3 Å². The van der Waals surface area contributed by atoms with Crippen LogP contribution in [0.15, 0.2) is 54.6 Å². The van der Waals surface area contributed by atoms with Gasteiger partial charge in [0, 0.05) is 5.56 Å². The Morgan fingerprint density at radius 1 is 1.13 bits per heavy atom. The van der Waals surface area contributed by atoms with E-state index in [-0.39, 0.29) is 17.8 Å². The molecule has 0 saturated carbocycles. The number of hydrogen-bond donors (Lipinski definition) is 0. The van der Waals surface area contributed by atoms with Crippen LogP contribution in [-0.4, -0.2) is 29.5 Å². The lowest BCUT2D eigenvalue weighted by molar-refractivity contribution is -0.0846. The fraction of sp³-hybridized carbons (Fsp3) is 0.316. The van der Waals surface area contributed by atoms with Gasteiger partial charge in [0.25, 0.3) is 5.91 Å². The number of ether oxygens (including phenoxy) is 1. The van der Waals surface area contributed by atoms with E-state index in [4.69, 9.17) is 4.74 Å². The van der Waals surface area contributed by atoms with Crippen molar-refractivity contribution in [1.29, 1.82) is 0 Å². The predicted octanol–water partition coefficient (Wildman–Crippen LogP) is 3.82. The van der Waals surface area contributed by atoms with Crippen LogP contribution >= 0.6 is 0 Å². The molecule has 1 heterocycles.